The zero-order valence-electron chi connectivity index (χ0n) is 15.4. The molecule has 0 aromatic carbocycles. The van der Waals surface area contributed by atoms with E-state index in [4.69, 9.17) is 4.74 Å². The number of hydrogen-bond donors (Lipinski definition) is 0. The van der Waals surface area contributed by atoms with Crippen LogP contribution in [0.4, 0.5) is 0 Å². The Morgan fingerprint density at radius 2 is 1.50 bits per heavy atom. The molecule has 0 aromatic heterocycles. The van der Waals surface area contributed by atoms with Crippen LogP contribution in [0.5, 0.6) is 0 Å². The third-order valence-electron chi connectivity index (χ3n) is 6.06. The number of piperazine rings is 1. The highest BCUT2D eigenvalue weighted by molar-refractivity contribution is 4.79. The van der Waals surface area contributed by atoms with Gasteiger partial charge in [0.1, 0.15) is 0 Å². The van der Waals surface area contributed by atoms with E-state index in [0.29, 0.717) is 12.1 Å². The quantitative estimate of drug-likeness (QED) is 0.712. The van der Waals surface area contributed by atoms with E-state index >= 15 is 0 Å². The van der Waals surface area contributed by atoms with Gasteiger partial charge in [-0.15, -0.1) is 0 Å². The molecule has 0 amide bonds. The minimum atomic E-state index is 0.549. The van der Waals surface area contributed by atoms with Crippen LogP contribution in [-0.4, -0.2) is 61.3 Å². The summed E-state index contributed by atoms with van der Waals surface area (Å²) in [6.07, 6.45) is 10.1. The highest BCUT2D eigenvalue weighted by Crippen LogP contribution is 2.29. The zero-order chi connectivity index (χ0) is 15.9. The average molecular weight is 311 g/mol. The second kappa shape index (κ2) is 9.24. The van der Waals surface area contributed by atoms with E-state index in [-0.39, 0.29) is 0 Å². The molecule has 2 aliphatic rings. The van der Waals surface area contributed by atoms with E-state index in [1.54, 1.807) is 0 Å². The van der Waals surface area contributed by atoms with Gasteiger partial charge in [-0.3, -0.25) is 9.80 Å². The Morgan fingerprint density at radius 3 is 2.05 bits per heavy atom. The van der Waals surface area contributed by atoms with Crippen LogP contribution < -0.4 is 0 Å². The van der Waals surface area contributed by atoms with Crippen LogP contribution in [0.3, 0.4) is 0 Å². The molecule has 0 aromatic rings. The maximum Gasteiger partial charge on any atom is 0.0571 e. The highest BCUT2D eigenvalue weighted by Gasteiger charge is 2.23. The smallest absolute Gasteiger partial charge is 0.0571 e. The number of methoxy groups -OCH3 is 1. The zero-order valence-corrected chi connectivity index (χ0v) is 15.4. The van der Waals surface area contributed by atoms with Crippen molar-refractivity contribution in [3.63, 3.8) is 0 Å². The summed E-state index contributed by atoms with van der Waals surface area (Å²) in [6.45, 7) is 12.1. The van der Waals surface area contributed by atoms with E-state index in [1.807, 2.05) is 7.11 Å². The molecule has 22 heavy (non-hydrogen) atoms. The molecule has 2 rings (SSSR count). The van der Waals surface area contributed by atoms with Crippen molar-refractivity contribution in [1.82, 2.24) is 9.80 Å². The summed E-state index contributed by atoms with van der Waals surface area (Å²) in [4.78, 5) is 5.32. The SMILES string of the molecule is CO[C@H]1CC[C@H](CCC[C@H](C)N2CCN(C(C)C)CC2)CC1. The summed E-state index contributed by atoms with van der Waals surface area (Å²) >= 11 is 0. The third-order valence-corrected chi connectivity index (χ3v) is 6.06. The van der Waals surface area contributed by atoms with Crippen molar-refractivity contribution < 1.29 is 4.74 Å². The lowest BCUT2D eigenvalue weighted by Crippen LogP contribution is -2.51. The summed E-state index contributed by atoms with van der Waals surface area (Å²) in [5.41, 5.74) is 0. The van der Waals surface area contributed by atoms with Gasteiger partial charge in [-0.1, -0.05) is 12.8 Å². The van der Waals surface area contributed by atoms with Crippen LogP contribution >= 0.6 is 0 Å². The van der Waals surface area contributed by atoms with E-state index < -0.39 is 0 Å². The Hall–Kier alpha value is -0.120. The molecule has 1 heterocycles. The highest BCUT2D eigenvalue weighted by atomic mass is 16.5. The predicted octanol–water partition coefficient (Wildman–Crippen LogP) is 3.78. The fraction of sp³-hybridized carbons (Fsp3) is 1.00. The van der Waals surface area contributed by atoms with Gasteiger partial charge < -0.3 is 4.74 Å². The first kappa shape index (κ1) is 18.2. The van der Waals surface area contributed by atoms with Gasteiger partial charge in [-0.2, -0.15) is 0 Å². The van der Waals surface area contributed by atoms with Crippen LogP contribution in [0, 0.1) is 5.92 Å². The van der Waals surface area contributed by atoms with Crippen molar-refractivity contribution >= 4 is 0 Å². The molecule has 3 heteroatoms. The first-order chi connectivity index (χ1) is 10.6. The molecule has 1 saturated carbocycles. The lowest BCUT2D eigenvalue weighted by Gasteiger charge is -2.40. The number of rotatable bonds is 7. The first-order valence-corrected chi connectivity index (χ1v) is 9.61. The van der Waals surface area contributed by atoms with Crippen molar-refractivity contribution in [3.05, 3.63) is 0 Å². The summed E-state index contributed by atoms with van der Waals surface area (Å²) in [7, 11) is 1.87. The maximum absolute atomic E-state index is 5.48. The van der Waals surface area contributed by atoms with E-state index in [0.717, 1.165) is 12.0 Å². The maximum atomic E-state index is 5.48. The molecule has 0 unspecified atom stereocenters. The molecule has 0 spiro atoms. The standard InChI is InChI=1S/C19H38N2O/c1-16(2)20-12-14-21(15-13-20)17(3)6-5-7-18-8-10-19(22-4)11-9-18/h16-19H,5-15H2,1-4H3/t17-,18-,19-/m0/s1. The van der Waals surface area contributed by atoms with Crippen LogP contribution in [0.15, 0.2) is 0 Å². The minimum absolute atomic E-state index is 0.549. The summed E-state index contributed by atoms with van der Waals surface area (Å²) in [5.74, 6) is 0.969. The van der Waals surface area contributed by atoms with Crippen molar-refractivity contribution in [1.29, 1.82) is 0 Å². The lowest BCUT2D eigenvalue weighted by atomic mass is 9.84. The summed E-state index contributed by atoms with van der Waals surface area (Å²) in [6, 6.07) is 1.48. The Kier molecular flexibility index (Phi) is 7.66. The summed E-state index contributed by atoms with van der Waals surface area (Å²) in [5, 5.41) is 0. The Morgan fingerprint density at radius 1 is 0.909 bits per heavy atom. The molecule has 0 radical (unpaired) electrons. The van der Waals surface area contributed by atoms with Gasteiger partial charge in [0, 0.05) is 45.4 Å². The second-order valence-electron chi connectivity index (χ2n) is 7.82. The van der Waals surface area contributed by atoms with Crippen LogP contribution in [0.1, 0.15) is 65.7 Å². The fourth-order valence-corrected chi connectivity index (χ4v) is 4.24. The molecule has 1 aliphatic carbocycles. The van der Waals surface area contributed by atoms with Crippen LogP contribution in [0.25, 0.3) is 0 Å². The second-order valence-corrected chi connectivity index (χ2v) is 7.82. The van der Waals surface area contributed by atoms with Gasteiger partial charge in [0.2, 0.25) is 0 Å². The summed E-state index contributed by atoms with van der Waals surface area (Å²) < 4.78 is 5.48. The number of hydrogen-bond acceptors (Lipinski definition) is 3. The predicted molar refractivity (Wildman–Crippen MR) is 94.4 cm³/mol. The van der Waals surface area contributed by atoms with Gasteiger partial charge in [0.05, 0.1) is 6.10 Å². The minimum Gasteiger partial charge on any atom is -0.381 e. The molecular formula is C19H38N2O. The van der Waals surface area contributed by atoms with Gasteiger partial charge in [-0.25, -0.2) is 0 Å². The Bertz CT molecular complexity index is 292. The topological polar surface area (TPSA) is 15.7 Å². The molecule has 3 nitrogen and oxygen atoms in total. The normalized spacial score (nSPS) is 29.9. The van der Waals surface area contributed by atoms with Gasteiger partial charge in [0.25, 0.3) is 0 Å². The molecule has 1 saturated heterocycles. The number of ether oxygens (including phenoxy) is 1. The van der Waals surface area contributed by atoms with Crippen molar-refractivity contribution in [2.75, 3.05) is 33.3 Å². The third kappa shape index (κ3) is 5.50. The van der Waals surface area contributed by atoms with E-state index in [2.05, 4.69) is 30.6 Å². The molecule has 1 aliphatic heterocycles. The largest absolute Gasteiger partial charge is 0.381 e. The van der Waals surface area contributed by atoms with Crippen LogP contribution in [-0.2, 0) is 4.74 Å². The molecule has 2 fully saturated rings. The van der Waals surface area contributed by atoms with Crippen molar-refractivity contribution in [2.24, 2.45) is 5.92 Å². The Balaban J connectivity index is 1.57. The van der Waals surface area contributed by atoms with Gasteiger partial charge >= 0.3 is 0 Å². The first-order valence-electron chi connectivity index (χ1n) is 9.61. The fourth-order valence-electron chi connectivity index (χ4n) is 4.24. The van der Waals surface area contributed by atoms with Crippen LogP contribution in [0.2, 0.25) is 0 Å². The molecular weight excluding hydrogens is 272 g/mol. The van der Waals surface area contributed by atoms with E-state index in [1.165, 1.54) is 71.1 Å². The Labute approximate surface area is 138 Å². The van der Waals surface area contributed by atoms with E-state index in [9.17, 15) is 0 Å². The van der Waals surface area contributed by atoms with Gasteiger partial charge in [0.15, 0.2) is 0 Å². The molecule has 1 atom stereocenters. The average Bonchev–Trinajstić information content (AvgIpc) is 2.55. The van der Waals surface area contributed by atoms with Crippen molar-refractivity contribution in [3.8, 4) is 0 Å². The van der Waals surface area contributed by atoms with Gasteiger partial charge in [-0.05, 0) is 58.8 Å². The molecule has 0 N–H and O–H groups in total. The monoisotopic (exact) mass is 310 g/mol. The van der Waals surface area contributed by atoms with Crippen molar-refractivity contribution in [2.45, 2.75) is 83.9 Å². The molecule has 130 valence electrons. The molecule has 0 bridgehead atoms. The number of nitrogens with zero attached hydrogens (tertiary/aromatic N) is 2. The lowest BCUT2D eigenvalue weighted by molar-refractivity contribution is 0.0538.